The summed E-state index contributed by atoms with van der Waals surface area (Å²) in [6, 6.07) is 12.9. The normalized spacial score (nSPS) is 16.2. The molecule has 3 aromatic rings. The summed E-state index contributed by atoms with van der Waals surface area (Å²) in [7, 11) is 0. The minimum atomic E-state index is -0.756. The molecule has 1 saturated heterocycles. The van der Waals surface area contributed by atoms with Crippen molar-refractivity contribution in [1.29, 1.82) is 0 Å². The summed E-state index contributed by atoms with van der Waals surface area (Å²) in [5, 5.41) is 8.62. The molecule has 0 aliphatic carbocycles. The first-order valence-corrected chi connectivity index (χ1v) is 13.8. The molecule has 0 N–H and O–H groups in total. The van der Waals surface area contributed by atoms with Gasteiger partial charge in [-0.3, -0.25) is 9.59 Å². The van der Waals surface area contributed by atoms with Gasteiger partial charge in [0.1, 0.15) is 12.4 Å². The number of benzene rings is 2. The number of amides is 1. The first-order valence-electron chi connectivity index (χ1n) is 12.7. The maximum Gasteiger partial charge on any atom is 0.312 e. The Kier molecular flexibility index (Phi) is 9.20. The summed E-state index contributed by atoms with van der Waals surface area (Å²) in [5.74, 6) is -0.981. The van der Waals surface area contributed by atoms with E-state index in [0.29, 0.717) is 36.1 Å². The Morgan fingerprint density at radius 3 is 2.68 bits per heavy atom. The van der Waals surface area contributed by atoms with Gasteiger partial charge in [-0.15, -0.1) is 5.10 Å². The van der Waals surface area contributed by atoms with Crippen molar-refractivity contribution in [3.63, 3.8) is 0 Å². The third-order valence-electron chi connectivity index (χ3n) is 6.83. The minimum Gasteiger partial charge on any atom is -0.460 e. The molecule has 1 aliphatic rings. The van der Waals surface area contributed by atoms with E-state index < -0.39 is 11.2 Å². The van der Waals surface area contributed by atoms with Crippen molar-refractivity contribution in [1.82, 2.24) is 19.9 Å². The van der Waals surface area contributed by atoms with E-state index in [4.69, 9.17) is 16.3 Å². The molecular weight excluding hydrogens is 575 g/mol. The molecule has 1 unspecified atom stereocenters. The Morgan fingerprint density at radius 1 is 1.16 bits per heavy atom. The SMILES string of the molecule is CC(C)(Cc1cn(C2CCCN(C(=O)Cc3ccc(Br)c(Cl)c3F)CC2)nn1)C(=O)OCc1ccccc1. The van der Waals surface area contributed by atoms with Gasteiger partial charge in [0.25, 0.3) is 0 Å². The third kappa shape index (κ3) is 6.99. The lowest BCUT2D eigenvalue weighted by Crippen LogP contribution is -2.33. The zero-order valence-electron chi connectivity index (χ0n) is 21.5. The molecule has 4 rings (SSSR count). The number of hydrogen-bond donors (Lipinski definition) is 0. The Balaban J connectivity index is 1.31. The molecule has 1 aromatic heterocycles. The number of ether oxygens (including phenoxy) is 1. The summed E-state index contributed by atoms with van der Waals surface area (Å²) < 4.78 is 22.3. The lowest BCUT2D eigenvalue weighted by atomic mass is 9.88. The van der Waals surface area contributed by atoms with E-state index in [1.165, 1.54) is 0 Å². The average molecular weight is 606 g/mol. The number of nitrogens with zero attached hydrogens (tertiary/aromatic N) is 4. The van der Waals surface area contributed by atoms with Gasteiger partial charge >= 0.3 is 5.97 Å². The highest BCUT2D eigenvalue weighted by Gasteiger charge is 2.31. The molecule has 202 valence electrons. The second-order valence-corrected chi connectivity index (χ2v) is 11.5. The highest BCUT2D eigenvalue weighted by Crippen LogP contribution is 2.29. The van der Waals surface area contributed by atoms with Crippen molar-refractivity contribution in [2.45, 2.75) is 58.6 Å². The van der Waals surface area contributed by atoms with Gasteiger partial charge in [-0.25, -0.2) is 9.07 Å². The van der Waals surface area contributed by atoms with Gasteiger partial charge in [0.15, 0.2) is 0 Å². The van der Waals surface area contributed by atoms with Crippen LogP contribution in [0.1, 0.15) is 56.0 Å². The van der Waals surface area contributed by atoms with E-state index in [1.807, 2.05) is 55.1 Å². The van der Waals surface area contributed by atoms with Crippen molar-refractivity contribution in [3.05, 3.63) is 80.8 Å². The smallest absolute Gasteiger partial charge is 0.312 e. The number of aromatic nitrogens is 3. The van der Waals surface area contributed by atoms with Crippen LogP contribution in [-0.4, -0.2) is 44.9 Å². The summed E-state index contributed by atoms with van der Waals surface area (Å²) in [6.07, 6.45) is 4.60. The fourth-order valence-electron chi connectivity index (χ4n) is 4.59. The molecule has 0 saturated carbocycles. The third-order valence-corrected chi connectivity index (χ3v) is 8.09. The maximum atomic E-state index is 14.5. The Labute approximate surface area is 235 Å². The predicted octanol–water partition coefficient (Wildman–Crippen LogP) is 5.94. The van der Waals surface area contributed by atoms with Crippen LogP contribution in [0.25, 0.3) is 0 Å². The molecule has 1 atom stereocenters. The van der Waals surface area contributed by atoms with E-state index in [1.54, 1.807) is 17.0 Å². The molecule has 1 aliphatic heterocycles. The van der Waals surface area contributed by atoms with Gasteiger partial charge in [0.2, 0.25) is 5.91 Å². The van der Waals surface area contributed by atoms with Gasteiger partial charge in [-0.1, -0.05) is 53.2 Å². The maximum absolute atomic E-state index is 14.5. The van der Waals surface area contributed by atoms with Gasteiger partial charge < -0.3 is 9.64 Å². The van der Waals surface area contributed by atoms with Crippen molar-refractivity contribution in [2.75, 3.05) is 13.1 Å². The molecule has 38 heavy (non-hydrogen) atoms. The predicted molar refractivity (Wildman–Crippen MR) is 146 cm³/mol. The van der Waals surface area contributed by atoms with Crippen molar-refractivity contribution in [3.8, 4) is 0 Å². The summed E-state index contributed by atoms with van der Waals surface area (Å²) >= 11 is 9.18. The molecular formula is C28H31BrClFN4O3. The van der Waals surface area contributed by atoms with Crippen LogP contribution in [0.4, 0.5) is 4.39 Å². The van der Waals surface area contributed by atoms with Crippen LogP contribution >= 0.6 is 27.5 Å². The number of hydrogen-bond acceptors (Lipinski definition) is 5. The average Bonchev–Trinajstić information content (AvgIpc) is 3.21. The highest BCUT2D eigenvalue weighted by molar-refractivity contribution is 9.10. The lowest BCUT2D eigenvalue weighted by Gasteiger charge is -2.21. The molecule has 0 radical (unpaired) electrons. The van der Waals surface area contributed by atoms with Crippen molar-refractivity contribution in [2.24, 2.45) is 5.41 Å². The number of likely N-dealkylation sites (tertiary alicyclic amines) is 1. The first kappa shape index (κ1) is 28.2. The largest absolute Gasteiger partial charge is 0.460 e. The minimum absolute atomic E-state index is 0.0131. The monoisotopic (exact) mass is 604 g/mol. The highest BCUT2D eigenvalue weighted by atomic mass is 79.9. The van der Waals surface area contributed by atoms with E-state index in [2.05, 4.69) is 26.2 Å². The quantitative estimate of drug-likeness (QED) is 0.235. The molecule has 1 amide bonds. The number of halogens is 3. The molecule has 7 nitrogen and oxygen atoms in total. The number of carbonyl (C=O) groups is 2. The second-order valence-electron chi connectivity index (χ2n) is 10.3. The van der Waals surface area contributed by atoms with Crippen LogP contribution in [-0.2, 0) is 33.8 Å². The molecule has 2 aromatic carbocycles. The zero-order valence-corrected chi connectivity index (χ0v) is 23.8. The van der Waals surface area contributed by atoms with Gasteiger partial charge in [-0.05, 0) is 66.2 Å². The molecule has 2 heterocycles. The van der Waals surface area contributed by atoms with Crippen LogP contribution in [0.2, 0.25) is 5.02 Å². The van der Waals surface area contributed by atoms with E-state index in [9.17, 15) is 14.0 Å². The molecule has 0 spiro atoms. The lowest BCUT2D eigenvalue weighted by molar-refractivity contribution is -0.155. The molecule has 0 bridgehead atoms. The molecule has 10 heteroatoms. The first-order chi connectivity index (χ1) is 18.1. The fraction of sp³-hybridized carbons (Fsp3) is 0.429. The zero-order chi connectivity index (χ0) is 27.3. The Hall–Kier alpha value is -2.78. The molecule has 1 fully saturated rings. The van der Waals surface area contributed by atoms with E-state index in [-0.39, 0.29) is 41.5 Å². The van der Waals surface area contributed by atoms with Gasteiger partial charge in [0.05, 0.1) is 28.6 Å². The van der Waals surface area contributed by atoms with E-state index >= 15 is 0 Å². The van der Waals surface area contributed by atoms with E-state index in [0.717, 1.165) is 18.4 Å². The second kappa shape index (κ2) is 12.4. The summed E-state index contributed by atoms with van der Waals surface area (Å²) in [6.45, 7) is 5.06. The number of rotatable bonds is 8. The van der Waals surface area contributed by atoms with Gasteiger partial charge in [-0.2, -0.15) is 0 Å². The fourth-order valence-corrected chi connectivity index (χ4v) is 5.08. The van der Waals surface area contributed by atoms with Gasteiger partial charge in [0, 0.05) is 30.2 Å². The van der Waals surface area contributed by atoms with Crippen molar-refractivity contribution < 1.29 is 18.7 Å². The van der Waals surface area contributed by atoms with Crippen LogP contribution in [0.5, 0.6) is 0 Å². The van der Waals surface area contributed by atoms with Crippen LogP contribution in [0.15, 0.2) is 53.1 Å². The number of carbonyl (C=O) groups excluding carboxylic acids is 2. The standard InChI is InChI=1S/C28H31BrClFN4O3/c1-28(2,27(37)38-18-19-7-4-3-5-8-19)16-21-17-35(33-32-21)22-9-6-13-34(14-12-22)24(36)15-20-10-11-23(29)25(30)26(20)31/h3-5,7-8,10-11,17,22H,6,9,12-16,18H2,1-2H3. The summed E-state index contributed by atoms with van der Waals surface area (Å²) in [5.41, 5.74) is 1.18. The summed E-state index contributed by atoms with van der Waals surface area (Å²) in [4.78, 5) is 27.4. The van der Waals surface area contributed by atoms with Crippen LogP contribution in [0.3, 0.4) is 0 Å². The van der Waals surface area contributed by atoms with Crippen molar-refractivity contribution >= 4 is 39.4 Å². The Morgan fingerprint density at radius 2 is 1.92 bits per heavy atom. The Bertz CT molecular complexity index is 1280. The van der Waals surface area contributed by atoms with Crippen LogP contribution in [0, 0.1) is 11.2 Å². The van der Waals surface area contributed by atoms with Crippen LogP contribution < -0.4 is 0 Å². The topological polar surface area (TPSA) is 77.3 Å². The number of esters is 1.